The number of hydrogen-bond acceptors (Lipinski definition) is 6. The molecule has 0 aromatic carbocycles. The molecule has 0 aliphatic rings. The first kappa shape index (κ1) is 35.6. The van der Waals surface area contributed by atoms with E-state index in [-0.39, 0.29) is 29.7 Å². The third-order valence-electron chi connectivity index (χ3n) is 7.06. The third kappa shape index (κ3) is 14.5. The lowest BCUT2D eigenvalue weighted by Crippen LogP contribution is -2.48. The molecule has 0 heterocycles. The van der Waals surface area contributed by atoms with Gasteiger partial charge in [0.25, 0.3) is 0 Å². The Balaban J connectivity index is 5.36. The quantitative estimate of drug-likeness (QED) is 0.0650. The first-order chi connectivity index (χ1) is 17.7. The van der Waals surface area contributed by atoms with E-state index in [0.29, 0.717) is 58.3 Å². The van der Waals surface area contributed by atoms with Crippen LogP contribution in [0.2, 0.25) is 0 Å². The summed E-state index contributed by atoms with van der Waals surface area (Å²) < 4.78 is 0. The Morgan fingerprint density at radius 3 is 2.24 bits per heavy atom. The van der Waals surface area contributed by atoms with Crippen LogP contribution in [0.5, 0.6) is 0 Å². The monoisotopic (exact) mass is 539 g/mol. The van der Waals surface area contributed by atoms with Gasteiger partial charge in [-0.3, -0.25) is 14.4 Å². The van der Waals surface area contributed by atoms with Gasteiger partial charge in [0.2, 0.25) is 17.7 Å². The van der Waals surface area contributed by atoms with Crippen molar-refractivity contribution in [3.63, 3.8) is 0 Å². The molecule has 11 heteroatoms. The van der Waals surface area contributed by atoms with E-state index in [1.54, 1.807) is 14.0 Å². The number of azide groups is 1. The summed E-state index contributed by atoms with van der Waals surface area (Å²) in [4.78, 5) is 40.4. The fraction of sp³-hybridized carbons (Fsp3) is 0.889. The topological polar surface area (TPSA) is 168 Å². The van der Waals surface area contributed by atoms with Crippen LogP contribution in [0.15, 0.2) is 5.11 Å². The molecule has 11 nitrogen and oxygen atoms in total. The summed E-state index contributed by atoms with van der Waals surface area (Å²) in [5.74, 6) is -0.107. The number of aliphatic hydroxyl groups excluding tert-OH is 1. The highest BCUT2D eigenvalue weighted by molar-refractivity contribution is 5.83. The molecular weight excluding hydrogens is 486 g/mol. The van der Waals surface area contributed by atoms with Crippen molar-refractivity contribution in [2.24, 2.45) is 21.4 Å². The highest BCUT2D eigenvalue weighted by Gasteiger charge is 2.43. The molecule has 3 atom stereocenters. The van der Waals surface area contributed by atoms with Crippen LogP contribution in [0.1, 0.15) is 92.9 Å². The van der Waals surface area contributed by atoms with Crippen LogP contribution >= 0.6 is 0 Å². The Hall–Kier alpha value is -2.36. The number of rotatable bonds is 21. The van der Waals surface area contributed by atoms with E-state index in [1.165, 1.54) is 0 Å². The molecule has 0 saturated heterocycles. The molecule has 0 saturated carbocycles. The molecule has 0 aliphatic carbocycles. The van der Waals surface area contributed by atoms with Crippen LogP contribution < -0.4 is 21.3 Å². The second kappa shape index (κ2) is 18.0. The summed E-state index contributed by atoms with van der Waals surface area (Å²) in [6, 6.07) is 0. The number of unbranched alkanes of at least 4 members (excludes halogenated alkanes) is 2. The number of aliphatic hydroxyl groups is 1. The average molecular weight is 540 g/mol. The maximum Gasteiger partial charge on any atom is 0.226 e. The fourth-order valence-corrected chi connectivity index (χ4v) is 4.96. The van der Waals surface area contributed by atoms with Crippen molar-refractivity contribution in [2.75, 3.05) is 39.8 Å². The van der Waals surface area contributed by atoms with Crippen LogP contribution in [-0.2, 0) is 14.4 Å². The fourth-order valence-electron chi connectivity index (χ4n) is 4.96. The van der Waals surface area contributed by atoms with Crippen molar-refractivity contribution >= 4 is 17.7 Å². The van der Waals surface area contributed by atoms with Crippen LogP contribution in [-0.4, -0.2) is 68.7 Å². The van der Waals surface area contributed by atoms with Gasteiger partial charge in [0.15, 0.2) is 0 Å². The second-order valence-corrected chi connectivity index (χ2v) is 11.7. The smallest absolute Gasteiger partial charge is 0.226 e. The van der Waals surface area contributed by atoms with Gasteiger partial charge in [-0.15, -0.1) is 0 Å². The van der Waals surface area contributed by atoms with E-state index >= 15 is 0 Å². The Morgan fingerprint density at radius 1 is 0.974 bits per heavy atom. The highest BCUT2D eigenvalue weighted by atomic mass is 16.3. The molecule has 0 bridgehead atoms. The lowest BCUT2D eigenvalue weighted by molar-refractivity contribution is -0.134. The van der Waals surface area contributed by atoms with Crippen molar-refractivity contribution in [1.29, 1.82) is 0 Å². The van der Waals surface area contributed by atoms with Gasteiger partial charge in [-0.05, 0) is 62.9 Å². The van der Waals surface area contributed by atoms with Crippen molar-refractivity contribution in [3.05, 3.63) is 10.4 Å². The van der Waals surface area contributed by atoms with Crippen LogP contribution in [0, 0.1) is 16.2 Å². The Bertz CT molecular complexity index is 783. The van der Waals surface area contributed by atoms with Gasteiger partial charge in [-0.1, -0.05) is 46.2 Å². The molecule has 0 fully saturated rings. The third-order valence-corrected chi connectivity index (χ3v) is 7.06. The van der Waals surface area contributed by atoms with E-state index in [0.717, 1.165) is 19.3 Å². The van der Waals surface area contributed by atoms with E-state index in [9.17, 15) is 19.5 Å². The number of nitrogens with zero attached hydrogens (tertiary/aromatic N) is 3. The van der Waals surface area contributed by atoms with E-state index in [4.69, 9.17) is 5.53 Å². The SMILES string of the molecule is CCC(C)(CC(C)(CNCCCN=[N+]=[N-])CC(C)(C)C(=O)NCCCCCC(=O)NC)C(=O)NCC(C)O. The molecule has 220 valence electrons. The minimum absolute atomic E-state index is 0.0273. The Kier molecular flexibility index (Phi) is 16.9. The summed E-state index contributed by atoms with van der Waals surface area (Å²) in [5.41, 5.74) is 6.75. The number of nitrogens with one attached hydrogen (secondary N) is 4. The lowest BCUT2D eigenvalue weighted by atomic mass is 9.64. The zero-order chi connectivity index (χ0) is 29.2. The van der Waals surface area contributed by atoms with Gasteiger partial charge in [0.1, 0.15) is 0 Å². The summed E-state index contributed by atoms with van der Waals surface area (Å²) in [5, 5.41) is 25.2. The van der Waals surface area contributed by atoms with Crippen LogP contribution in [0.4, 0.5) is 0 Å². The Labute approximate surface area is 229 Å². The number of amides is 3. The summed E-state index contributed by atoms with van der Waals surface area (Å²) in [6.07, 6.45) is 4.75. The number of hydrogen-bond donors (Lipinski definition) is 5. The Morgan fingerprint density at radius 2 is 1.66 bits per heavy atom. The second-order valence-electron chi connectivity index (χ2n) is 11.7. The molecule has 0 radical (unpaired) electrons. The maximum atomic E-state index is 13.2. The molecule has 3 amide bonds. The van der Waals surface area contributed by atoms with Gasteiger partial charge in [-0.25, -0.2) is 0 Å². The average Bonchev–Trinajstić information content (AvgIpc) is 2.85. The van der Waals surface area contributed by atoms with Gasteiger partial charge in [-0.2, -0.15) is 0 Å². The predicted molar refractivity (Wildman–Crippen MR) is 151 cm³/mol. The lowest BCUT2D eigenvalue weighted by Gasteiger charge is -2.42. The van der Waals surface area contributed by atoms with Crippen molar-refractivity contribution < 1.29 is 19.5 Å². The van der Waals surface area contributed by atoms with Crippen LogP contribution in [0.25, 0.3) is 10.4 Å². The predicted octanol–water partition coefficient (Wildman–Crippen LogP) is 3.43. The van der Waals surface area contributed by atoms with Gasteiger partial charge < -0.3 is 26.4 Å². The first-order valence-corrected chi connectivity index (χ1v) is 13.9. The molecule has 3 unspecified atom stereocenters. The van der Waals surface area contributed by atoms with Crippen molar-refractivity contribution in [1.82, 2.24) is 21.3 Å². The molecule has 0 rings (SSSR count). The van der Waals surface area contributed by atoms with Crippen LogP contribution in [0.3, 0.4) is 0 Å². The van der Waals surface area contributed by atoms with Gasteiger partial charge in [0, 0.05) is 55.4 Å². The standard InChI is InChI=1S/C27H53N7O4/c1-8-27(6,24(38)32-17-21(2)35)19-26(5,20-30-14-12-16-33-34-28)18-25(3,4)23(37)31-15-11-9-10-13-22(36)29-7/h21,30,35H,8-20H2,1-7H3,(H,29,36)(H,31,37)(H,32,38). The van der Waals surface area contributed by atoms with Gasteiger partial charge >= 0.3 is 0 Å². The first-order valence-electron chi connectivity index (χ1n) is 13.9. The summed E-state index contributed by atoms with van der Waals surface area (Å²) >= 11 is 0. The summed E-state index contributed by atoms with van der Waals surface area (Å²) in [7, 11) is 1.63. The minimum atomic E-state index is -0.673. The van der Waals surface area contributed by atoms with Crippen molar-refractivity contribution in [2.45, 2.75) is 99.0 Å². The highest BCUT2D eigenvalue weighted by Crippen LogP contribution is 2.44. The molecule has 0 aliphatic heterocycles. The maximum absolute atomic E-state index is 13.2. The minimum Gasteiger partial charge on any atom is -0.392 e. The summed E-state index contributed by atoms with van der Waals surface area (Å²) in [6.45, 7) is 14.0. The molecule has 5 N–H and O–H groups in total. The van der Waals surface area contributed by atoms with E-state index in [2.05, 4.69) is 38.2 Å². The zero-order valence-electron chi connectivity index (χ0n) is 24.8. The van der Waals surface area contributed by atoms with E-state index in [1.807, 2.05) is 27.7 Å². The van der Waals surface area contributed by atoms with Gasteiger partial charge in [0.05, 0.1) is 6.10 Å². The zero-order valence-corrected chi connectivity index (χ0v) is 24.8. The molecule has 0 aromatic heterocycles. The van der Waals surface area contributed by atoms with Crippen molar-refractivity contribution in [3.8, 4) is 0 Å². The number of carbonyl (C=O) groups excluding carboxylic acids is 3. The molecular formula is C27H53N7O4. The molecule has 0 spiro atoms. The van der Waals surface area contributed by atoms with E-state index < -0.39 is 16.9 Å². The number of carbonyl (C=O) groups is 3. The molecule has 38 heavy (non-hydrogen) atoms. The largest absolute Gasteiger partial charge is 0.392 e. The molecule has 0 aromatic rings. The normalized spacial score (nSPS) is 15.4.